The molecule has 4 aromatic rings. The standard InChI is InChI=1S/C36H37BrN2O8S/c1-44-28-21-25(22-29(23-28)45-2)24-38-35(41)36(17-20-48(42,43)30-9-4-3-5-10-30)33(31-11-6-7-12-32(31)37)47-34(39-36)26-13-15-27(16-14-26)46-19-8-18-40/h3-7,9-16,21-23,33,40H,8,17-20,24H2,1-2H3,(H,38,41)/t33-,36-/m1/s1. The largest absolute Gasteiger partial charge is 0.497 e. The van der Waals surface area contributed by atoms with Crippen LogP contribution in [0.15, 0.2) is 111 Å². The van der Waals surface area contributed by atoms with E-state index < -0.39 is 27.4 Å². The third-order valence-corrected chi connectivity index (χ3v) is 10.4. The molecule has 5 rings (SSSR count). The van der Waals surface area contributed by atoms with Gasteiger partial charge in [-0.25, -0.2) is 13.4 Å². The summed E-state index contributed by atoms with van der Waals surface area (Å²) >= 11 is 3.61. The zero-order valence-corrected chi connectivity index (χ0v) is 29.0. The van der Waals surface area contributed by atoms with Gasteiger partial charge in [0.15, 0.2) is 21.5 Å². The van der Waals surface area contributed by atoms with Crippen LogP contribution in [0.4, 0.5) is 0 Å². The van der Waals surface area contributed by atoms with Crippen LogP contribution in [-0.4, -0.2) is 64.1 Å². The van der Waals surface area contributed by atoms with Gasteiger partial charge in [0.1, 0.15) is 17.2 Å². The summed E-state index contributed by atoms with van der Waals surface area (Å²) in [4.78, 5) is 19.7. The average molecular weight is 738 g/mol. The molecule has 0 spiro atoms. The van der Waals surface area contributed by atoms with Crippen LogP contribution in [-0.2, 0) is 25.9 Å². The summed E-state index contributed by atoms with van der Waals surface area (Å²) < 4.78 is 50.9. The highest BCUT2D eigenvalue weighted by molar-refractivity contribution is 9.10. The van der Waals surface area contributed by atoms with E-state index in [1.807, 2.05) is 24.3 Å². The van der Waals surface area contributed by atoms with E-state index in [0.717, 1.165) is 0 Å². The number of carbonyl (C=O) groups excluding carboxylic acids is 1. The lowest BCUT2D eigenvalue weighted by Gasteiger charge is -2.31. The molecule has 10 nitrogen and oxygen atoms in total. The van der Waals surface area contributed by atoms with Crippen LogP contribution in [0.2, 0.25) is 0 Å². The third-order valence-electron chi connectivity index (χ3n) is 7.94. The molecule has 252 valence electrons. The number of benzene rings is 4. The van der Waals surface area contributed by atoms with Crippen LogP contribution < -0.4 is 19.5 Å². The van der Waals surface area contributed by atoms with E-state index >= 15 is 0 Å². The first-order chi connectivity index (χ1) is 23.2. The van der Waals surface area contributed by atoms with E-state index in [2.05, 4.69) is 21.2 Å². The third kappa shape index (κ3) is 8.00. The number of sulfone groups is 1. The SMILES string of the molecule is COc1cc(CNC(=O)[C@]2(CCS(=O)(=O)c3ccccc3)N=C(c3ccc(OCCCO)cc3)O[C@@H]2c2ccccc2Br)cc(OC)c1. The predicted molar refractivity (Wildman–Crippen MR) is 185 cm³/mol. The molecule has 0 fully saturated rings. The zero-order chi connectivity index (χ0) is 34.1. The van der Waals surface area contributed by atoms with Gasteiger partial charge < -0.3 is 29.4 Å². The van der Waals surface area contributed by atoms with E-state index in [4.69, 9.17) is 29.0 Å². The Morgan fingerprint density at radius 1 is 0.938 bits per heavy atom. The van der Waals surface area contributed by atoms with Crippen molar-refractivity contribution in [2.24, 2.45) is 4.99 Å². The lowest BCUT2D eigenvalue weighted by atomic mass is 9.85. The van der Waals surface area contributed by atoms with Gasteiger partial charge in [0, 0.05) is 47.7 Å². The molecular formula is C36H37BrN2O8S. The minimum Gasteiger partial charge on any atom is -0.497 e. The lowest BCUT2D eigenvalue weighted by molar-refractivity contribution is -0.129. The highest BCUT2D eigenvalue weighted by Gasteiger charge is 2.54. The molecule has 0 radical (unpaired) electrons. The molecule has 1 amide bonds. The Morgan fingerprint density at radius 3 is 2.25 bits per heavy atom. The average Bonchev–Trinajstić information content (AvgIpc) is 3.51. The fourth-order valence-corrected chi connectivity index (χ4v) is 7.25. The number of rotatable bonds is 15. The molecule has 0 saturated carbocycles. The van der Waals surface area contributed by atoms with Crippen LogP contribution in [0.25, 0.3) is 0 Å². The Kier molecular flexibility index (Phi) is 11.4. The molecule has 0 unspecified atom stereocenters. The second kappa shape index (κ2) is 15.7. The summed E-state index contributed by atoms with van der Waals surface area (Å²) in [5.41, 5.74) is 0.250. The number of amides is 1. The predicted octanol–water partition coefficient (Wildman–Crippen LogP) is 5.66. The van der Waals surface area contributed by atoms with Crippen molar-refractivity contribution in [3.05, 3.63) is 118 Å². The van der Waals surface area contributed by atoms with Crippen LogP contribution in [0, 0.1) is 0 Å². The second-order valence-corrected chi connectivity index (χ2v) is 14.1. The molecule has 0 saturated heterocycles. The van der Waals surface area contributed by atoms with Crippen molar-refractivity contribution in [1.82, 2.24) is 5.32 Å². The molecule has 2 atom stereocenters. The number of ether oxygens (including phenoxy) is 4. The number of aliphatic hydroxyl groups excluding tert-OH is 1. The minimum atomic E-state index is -3.80. The fourth-order valence-electron chi connectivity index (χ4n) is 5.37. The summed E-state index contributed by atoms with van der Waals surface area (Å²) in [7, 11) is -0.717. The second-order valence-electron chi connectivity index (χ2n) is 11.1. The van der Waals surface area contributed by atoms with Gasteiger partial charge in [0.05, 0.1) is 31.5 Å². The van der Waals surface area contributed by atoms with Crippen LogP contribution in [0.5, 0.6) is 17.2 Å². The maximum Gasteiger partial charge on any atom is 0.252 e. The van der Waals surface area contributed by atoms with Gasteiger partial charge in [-0.05, 0) is 60.2 Å². The number of aliphatic hydroxyl groups is 1. The van der Waals surface area contributed by atoms with Crippen molar-refractivity contribution in [2.75, 3.05) is 33.2 Å². The quantitative estimate of drug-likeness (QED) is 0.149. The first kappa shape index (κ1) is 34.9. The number of methoxy groups -OCH3 is 2. The molecule has 2 N–H and O–H groups in total. The molecule has 48 heavy (non-hydrogen) atoms. The Bertz CT molecular complexity index is 1830. The summed E-state index contributed by atoms with van der Waals surface area (Å²) in [6.07, 6.45) is -0.651. The lowest BCUT2D eigenvalue weighted by Crippen LogP contribution is -2.49. The van der Waals surface area contributed by atoms with Gasteiger partial charge in [0.2, 0.25) is 5.90 Å². The maximum atomic E-state index is 14.6. The van der Waals surface area contributed by atoms with Gasteiger partial charge in [-0.2, -0.15) is 0 Å². The van der Waals surface area contributed by atoms with Gasteiger partial charge in [-0.1, -0.05) is 52.3 Å². The highest BCUT2D eigenvalue weighted by atomic mass is 79.9. The monoisotopic (exact) mass is 736 g/mol. The van der Waals surface area contributed by atoms with Gasteiger partial charge in [0.25, 0.3) is 5.91 Å². The number of halogens is 1. The van der Waals surface area contributed by atoms with Crippen LogP contribution >= 0.6 is 15.9 Å². The number of hydrogen-bond donors (Lipinski definition) is 2. The summed E-state index contributed by atoms with van der Waals surface area (Å²) in [6, 6.07) is 27.8. The summed E-state index contributed by atoms with van der Waals surface area (Å²) in [5, 5.41) is 12.1. The molecule has 0 bridgehead atoms. The van der Waals surface area contributed by atoms with Crippen LogP contribution in [0.1, 0.15) is 35.6 Å². The first-order valence-corrected chi connectivity index (χ1v) is 17.8. The smallest absolute Gasteiger partial charge is 0.252 e. The van der Waals surface area contributed by atoms with Crippen molar-refractivity contribution >= 4 is 37.6 Å². The zero-order valence-electron chi connectivity index (χ0n) is 26.6. The number of aliphatic imine (C=N–C) groups is 1. The minimum absolute atomic E-state index is 0.0225. The van der Waals surface area contributed by atoms with Crippen molar-refractivity contribution in [2.45, 2.75) is 35.9 Å². The Morgan fingerprint density at radius 2 is 1.60 bits per heavy atom. The molecular weight excluding hydrogens is 700 g/mol. The number of nitrogens with zero attached hydrogens (tertiary/aromatic N) is 1. The summed E-state index contributed by atoms with van der Waals surface area (Å²) in [5.74, 6) is 1.03. The van der Waals surface area contributed by atoms with E-state index in [1.165, 1.54) is 12.1 Å². The van der Waals surface area contributed by atoms with Gasteiger partial charge in [-0.3, -0.25) is 4.79 Å². The summed E-state index contributed by atoms with van der Waals surface area (Å²) in [6.45, 7) is 0.470. The van der Waals surface area contributed by atoms with E-state index in [0.29, 0.717) is 51.4 Å². The number of carbonyl (C=O) groups is 1. The molecule has 12 heteroatoms. The molecule has 4 aromatic carbocycles. The van der Waals surface area contributed by atoms with Crippen molar-refractivity contribution in [3.8, 4) is 17.2 Å². The molecule has 1 heterocycles. The molecule has 0 aromatic heterocycles. The Balaban J connectivity index is 1.56. The van der Waals surface area contributed by atoms with Crippen molar-refractivity contribution < 1.29 is 37.3 Å². The van der Waals surface area contributed by atoms with E-state index in [-0.39, 0.29) is 36.1 Å². The van der Waals surface area contributed by atoms with E-state index in [9.17, 15) is 13.2 Å². The van der Waals surface area contributed by atoms with Crippen LogP contribution in [0.3, 0.4) is 0 Å². The topological polar surface area (TPSA) is 133 Å². The van der Waals surface area contributed by atoms with Gasteiger partial charge in [-0.15, -0.1) is 0 Å². The molecule has 0 aliphatic carbocycles. The van der Waals surface area contributed by atoms with Crippen molar-refractivity contribution in [3.63, 3.8) is 0 Å². The molecule has 1 aliphatic heterocycles. The fraction of sp³-hybridized carbons (Fsp3) is 0.278. The number of hydrogen-bond acceptors (Lipinski definition) is 9. The Labute approximate surface area is 288 Å². The molecule has 1 aliphatic rings. The van der Waals surface area contributed by atoms with E-state index in [1.54, 1.807) is 74.9 Å². The first-order valence-electron chi connectivity index (χ1n) is 15.3. The number of nitrogens with one attached hydrogen (secondary N) is 1. The highest BCUT2D eigenvalue weighted by Crippen LogP contribution is 2.45. The van der Waals surface area contributed by atoms with Gasteiger partial charge >= 0.3 is 0 Å². The van der Waals surface area contributed by atoms with Crippen molar-refractivity contribution in [1.29, 1.82) is 0 Å². The normalized spacial score (nSPS) is 17.2. The Hall–Kier alpha value is -4.39. The maximum absolute atomic E-state index is 14.6.